The van der Waals surface area contributed by atoms with Gasteiger partial charge in [0.1, 0.15) is 12.1 Å². The lowest BCUT2D eigenvalue weighted by Gasteiger charge is -2.24. The molecule has 0 saturated heterocycles. The van der Waals surface area contributed by atoms with Crippen molar-refractivity contribution in [2.45, 2.75) is 45.7 Å². The van der Waals surface area contributed by atoms with Crippen LogP contribution in [0.5, 0.6) is 0 Å². The van der Waals surface area contributed by atoms with E-state index < -0.39 is 47.3 Å². The summed E-state index contributed by atoms with van der Waals surface area (Å²) in [7, 11) is 0. The summed E-state index contributed by atoms with van der Waals surface area (Å²) in [5.74, 6) is -4.11. The highest BCUT2D eigenvalue weighted by Crippen LogP contribution is 2.14. The normalized spacial score (nSPS) is 13.1. The van der Waals surface area contributed by atoms with E-state index in [4.69, 9.17) is 37.9 Å². The Morgan fingerprint density at radius 3 is 1.39 bits per heavy atom. The second-order valence-electron chi connectivity index (χ2n) is 15.5. The first-order chi connectivity index (χ1) is 33.4. The van der Waals surface area contributed by atoms with Gasteiger partial charge in [-0.25, -0.2) is 0 Å². The van der Waals surface area contributed by atoms with Gasteiger partial charge in [0.2, 0.25) is 35.2 Å². The van der Waals surface area contributed by atoms with Crippen molar-refractivity contribution in [3.63, 3.8) is 0 Å². The Hall–Kier alpha value is -5.78. The molecule has 21 nitrogen and oxygen atoms in total. The number of anilines is 1. The molecule has 0 saturated carbocycles. The van der Waals surface area contributed by atoms with Crippen LogP contribution in [0.2, 0.25) is 0 Å². The van der Waals surface area contributed by atoms with Crippen molar-refractivity contribution in [2.75, 3.05) is 124 Å². The molecule has 1 aliphatic rings. The van der Waals surface area contributed by atoms with Gasteiger partial charge < -0.3 is 59.2 Å². The Labute approximate surface area is 402 Å². The Bertz CT molecular complexity index is 1910. The van der Waals surface area contributed by atoms with Gasteiger partial charge in [0.15, 0.2) is 0 Å². The molecule has 0 fully saturated rings. The van der Waals surface area contributed by atoms with Crippen LogP contribution in [0, 0.1) is 5.92 Å². The summed E-state index contributed by atoms with van der Waals surface area (Å²) in [5, 5.41) is 10.7. The van der Waals surface area contributed by atoms with E-state index >= 15 is 0 Å². The number of carbonyl (C=O) groups excluding carboxylic acids is 8. The van der Waals surface area contributed by atoms with E-state index in [0.717, 1.165) is 4.90 Å². The zero-order chi connectivity index (χ0) is 50.1. The van der Waals surface area contributed by atoms with E-state index in [-0.39, 0.29) is 61.5 Å². The van der Waals surface area contributed by atoms with Crippen LogP contribution in [0.4, 0.5) is 5.69 Å². The van der Waals surface area contributed by atoms with Crippen molar-refractivity contribution in [1.29, 1.82) is 0 Å². The van der Waals surface area contributed by atoms with Gasteiger partial charge in [0.05, 0.1) is 106 Å². The van der Waals surface area contributed by atoms with Crippen LogP contribution in [0.15, 0.2) is 66.7 Å². The molecular weight excluding hydrogens is 903 g/mol. The maximum Gasteiger partial charge on any atom is 0.253 e. The van der Waals surface area contributed by atoms with Gasteiger partial charge >= 0.3 is 0 Å². The highest BCUT2D eigenvalue weighted by atomic mass is 16.6. The molecule has 3 rings (SSSR count). The third-order valence-electron chi connectivity index (χ3n) is 9.78. The number of amides is 6. The quantitative estimate of drug-likeness (QED) is 0.0319. The summed E-state index contributed by atoms with van der Waals surface area (Å²) in [6.07, 6.45) is 2.41. The highest BCUT2D eigenvalue weighted by Gasteiger charge is 2.27. The molecule has 69 heavy (non-hydrogen) atoms. The van der Waals surface area contributed by atoms with Gasteiger partial charge in [-0.3, -0.25) is 43.3 Å². The van der Waals surface area contributed by atoms with Crippen molar-refractivity contribution in [2.24, 2.45) is 5.92 Å². The minimum Gasteiger partial charge on any atom is -0.379 e. The van der Waals surface area contributed by atoms with Gasteiger partial charge in [-0.15, -0.1) is 0 Å². The van der Waals surface area contributed by atoms with Crippen LogP contribution in [0.25, 0.3) is 0 Å². The lowest BCUT2D eigenvalue weighted by molar-refractivity contribution is -0.137. The molecular formula is C48H67N5O16. The lowest BCUT2D eigenvalue weighted by Crippen LogP contribution is -2.53. The van der Waals surface area contributed by atoms with Crippen LogP contribution >= 0.6 is 0 Å². The van der Waals surface area contributed by atoms with Crippen molar-refractivity contribution in [3.8, 4) is 0 Å². The minimum absolute atomic E-state index is 0.0176. The molecule has 4 N–H and O–H groups in total. The van der Waals surface area contributed by atoms with Crippen molar-refractivity contribution >= 4 is 52.7 Å². The molecule has 0 aromatic heterocycles. The summed E-state index contributed by atoms with van der Waals surface area (Å²) in [6.45, 7) is 11.1. The molecule has 2 aromatic carbocycles. The van der Waals surface area contributed by atoms with Crippen LogP contribution in [-0.2, 0) is 66.7 Å². The lowest BCUT2D eigenvalue weighted by atomic mass is 10.0. The SMILES string of the molecule is CC(C)[C@@H](NC(=O)CCOCCOCCOCCOCCOCCOCCOCCOCCNC(=O)CCN1C(=O)C=CC1=O)C(=O)N[C@H](C)C(=O)Nc1ccc(C(=O)C(=O)c2ccccc2)cc1. The average molecular weight is 970 g/mol. The second kappa shape index (κ2) is 34.5. The molecule has 2 atom stereocenters. The van der Waals surface area contributed by atoms with E-state index in [1.54, 1.807) is 44.2 Å². The van der Waals surface area contributed by atoms with E-state index in [9.17, 15) is 38.4 Å². The fourth-order valence-corrected chi connectivity index (χ4v) is 5.98. The van der Waals surface area contributed by atoms with Crippen molar-refractivity contribution in [3.05, 3.63) is 77.9 Å². The molecule has 2 aromatic rings. The summed E-state index contributed by atoms with van der Waals surface area (Å²) in [5.41, 5.74) is 0.819. The summed E-state index contributed by atoms with van der Waals surface area (Å²) < 4.78 is 43.7. The predicted octanol–water partition coefficient (Wildman–Crippen LogP) is 1.29. The van der Waals surface area contributed by atoms with Crippen LogP contribution < -0.4 is 21.3 Å². The molecule has 0 spiro atoms. The third-order valence-corrected chi connectivity index (χ3v) is 9.78. The maximum atomic E-state index is 13.1. The highest BCUT2D eigenvalue weighted by molar-refractivity contribution is 6.49. The molecule has 0 aliphatic carbocycles. The van der Waals surface area contributed by atoms with E-state index in [2.05, 4.69) is 21.3 Å². The Kier molecular flexibility index (Phi) is 28.8. The third kappa shape index (κ3) is 24.4. The van der Waals surface area contributed by atoms with Gasteiger partial charge in [-0.1, -0.05) is 44.2 Å². The Balaban J connectivity index is 1.06. The smallest absolute Gasteiger partial charge is 0.253 e. The second-order valence-corrected chi connectivity index (χ2v) is 15.5. The molecule has 0 unspecified atom stereocenters. The molecule has 0 radical (unpaired) electrons. The molecule has 1 aliphatic heterocycles. The summed E-state index contributed by atoms with van der Waals surface area (Å²) in [6, 6.07) is 12.2. The number of Topliss-reactive ketones (excluding diaryl/α,β-unsaturated/α-hetero) is 2. The number of ketones is 2. The van der Waals surface area contributed by atoms with Gasteiger partial charge in [-0.05, 0) is 37.1 Å². The fourth-order valence-electron chi connectivity index (χ4n) is 5.98. The summed E-state index contributed by atoms with van der Waals surface area (Å²) >= 11 is 0. The van der Waals surface area contributed by atoms with Crippen molar-refractivity contribution in [1.82, 2.24) is 20.9 Å². The first-order valence-electron chi connectivity index (χ1n) is 22.9. The number of nitrogens with one attached hydrogen (secondary N) is 4. The standard InChI is InChI=1S/C48H67N5O16/c1-35(2)44(48(61)50-36(3)47(60)51-39-11-9-38(10-12-39)46(59)45(58)37-7-5-4-6-8-37)52-41(55)16-19-62-21-23-64-25-27-66-29-31-68-33-34-69-32-30-67-28-26-65-24-22-63-20-17-49-40(54)15-18-53-42(56)13-14-43(53)57/h4-14,35-36,44H,15-34H2,1-3H3,(H,49,54)(H,50,61)(H,51,60)(H,52,55)/t36-,44-/m1/s1. The zero-order valence-electron chi connectivity index (χ0n) is 39.7. The van der Waals surface area contributed by atoms with Gasteiger partial charge in [-0.2, -0.15) is 0 Å². The van der Waals surface area contributed by atoms with Crippen molar-refractivity contribution < 1.29 is 76.3 Å². The largest absolute Gasteiger partial charge is 0.379 e. The first-order valence-corrected chi connectivity index (χ1v) is 22.9. The molecule has 21 heteroatoms. The maximum absolute atomic E-state index is 13.1. The zero-order valence-corrected chi connectivity index (χ0v) is 39.7. The Morgan fingerprint density at radius 2 is 0.928 bits per heavy atom. The number of carbonyl (C=O) groups is 8. The summed E-state index contributed by atoms with van der Waals surface area (Å²) in [4.78, 5) is 99.4. The van der Waals surface area contributed by atoms with E-state index in [1.165, 1.54) is 43.3 Å². The van der Waals surface area contributed by atoms with Crippen LogP contribution in [-0.4, -0.2) is 183 Å². The van der Waals surface area contributed by atoms with E-state index in [0.29, 0.717) is 105 Å². The molecule has 1 heterocycles. The predicted molar refractivity (Wildman–Crippen MR) is 249 cm³/mol. The number of benzene rings is 2. The minimum atomic E-state index is -0.952. The number of imide groups is 1. The van der Waals surface area contributed by atoms with Gasteiger partial charge in [0.25, 0.3) is 11.8 Å². The number of rotatable bonds is 39. The van der Waals surface area contributed by atoms with E-state index in [1.807, 2.05) is 0 Å². The molecule has 0 bridgehead atoms. The fraction of sp³-hybridized carbons (Fsp3) is 0.542. The van der Waals surface area contributed by atoms with Crippen LogP contribution in [0.3, 0.4) is 0 Å². The number of nitrogens with zero attached hydrogens (tertiary/aromatic N) is 1. The Morgan fingerprint density at radius 1 is 0.493 bits per heavy atom. The number of hydrogen-bond donors (Lipinski definition) is 4. The molecule has 380 valence electrons. The van der Waals surface area contributed by atoms with Gasteiger partial charge in [0, 0.05) is 54.9 Å². The molecule has 6 amide bonds. The average Bonchev–Trinajstić information content (AvgIpc) is 3.67. The monoisotopic (exact) mass is 969 g/mol. The van der Waals surface area contributed by atoms with Crippen LogP contribution in [0.1, 0.15) is 54.3 Å². The number of ether oxygens (including phenoxy) is 8. The number of hydrogen-bond acceptors (Lipinski definition) is 16. The first kappa shape index (κ1) is 57.5. The topological polar surface area (TPSA) is 262 Å².